The number of carbonyl (C=O) groups is 1. The topological polar surface area (TPSA) is 41.1 Å². The van der Waals surface area contributed by atoms with Crippen LogP contribution in [-0.4, -0.2) is 11.9 Å². The summed E-state index contributed by atoms with van der Waals surface area (Å²) in [5, 5.41) is 0. The standard InChI is InChI=1S/C18H26N2O/c1-3-14(2)17(15-10-6-4-7-11-15)19-20-18(21)16-12-8-5-9-13-16/h3,5,8-9,12-15,17,19H,1,4,6-7,10-11H2,2H3,(H,20,21)/t14-,17-/m0/s1. The monoisotopic (exact) mass is 286 g/mol. The fraction of sp³-hybridized carbons (Fsp3) is 0.500. The molecular formula is C18H26N2O. The molecule has 1 saturated carbocycles. The highest BCUT2D eigenvalue weighted by Gasteiger charge is 2.27. The molecule has 114 valence electrons. The predicted octanol–water partition coefficient (Wildman–Crippen LogP) is 3.69. The van der Waals surface area contributed by atoms with Crippen molar-refractivity contribution in [3.63, 3.8) is 0 Å². The number of amides is 1. The molecule has 2 rings (SSSR count). The summed E-state index contributed by atoms with van der Waals surface area (Å²) in [7, 11) is 0. The molecule has 0 aliphatic heterocycles. The molecule has 1 aliphatic carbocycles. The van der Waals surface area contributed by atoms with Crippen LogP contribution in [0.4, 0.5) is 0 Å². The number of rotatable bonds is 6. The van der Waals surface area contributed by atoms with Gasteiger partial charge in [-0.3, -0.25) is 10.2 Å². The number of carbonyl (C=O) groups excluding carboxylic acids is 1. The minimum Gasteiger partial charge on any atom is -0.287 e. The van der Waals surface area contributed by atoms with Gasteiger partial charge in [0.1, 0.15) is 0 Å². The van der Waals surface area contributed by atoms with Gasteiger partial charge in [-0.2, -0.15) is 0 Å². The second-order valence-corrected chi connectivity index (χ2v) is 5.98. The number of benzene rings is 1. The predicted molar refractivity (Wildman–Crippen MR) is 86.8 cm³/mol. The van der Waals surface area contributed by atoms with Gasteiger partial charge in [-0.25, -0.2) is 5.43 Å². The molecule has 0 saturated heterocycles. The maximum absolute atomic E-state index is 12.1. The van der Waals surface area contributed by atoms with Crippen LogP contribution in [0.5, 0.6) is 0 Å². The van der Waals surface area contributed by atoms with Crippen LogP contribution in [0.3, 0.4) is 0 Å². The van der Waals surface area contributed by atoms with Gasteiger partial charge in [0.15, 0.2) is 0 Å². The van der Waals surface area contributed by atoms with Crippen molar-refractivity contribution in [1.82, 2.24) is 10.9 Å². The van der Waals surface area contributed by atoms with Crippen molar-refractivity contribution in [2.45, 2.75) is 45.1 Å². The van der Waals surface area contributed by atoms with E-state index in [9.17, 15) is 4.79 Å². The van der Waals surface area contributed by atoms with Crippen LogP contribution in [0, 0.1) is 11.8 Å². The molecule has 2 N–H and O–H groups in total. The molecular weight excluding hydrogens is 260 g/mol. The van der Waals surface area contributed by atoms with E-state index in [0.717, 1.165) is 0 Å². The van der Waals surface area contributed by atoms with Gasteiger partial charge in [-0.05, 0) is 36.8 Å². The summed E-state index contributed by atoms with van der Waals surface area (Å²) in [4.78, 5) is 12.1. The SMILES string of the molecule is C=C[C@H](C)[C@H](NNC(=O)c1ccccc1)C1CCCCC1. The van der Waals surface area contributed by atoms with E-state index in [1.54, 1.807) is 0 Å². The maximum Gasteiger partial charge on any atom is 0.265 e. The van der Waals surface area contributed by atoms with E-state index in [2.05, 4.69) is 24.4 Å². The highest BCUT2D eigenvalue weighted by atomic mass is 16.2. The first-order chi connectivity index (χ1) is 10.2. The zero-order valence-corrected chi connectivity index (χ0v) is 12.8. The van der Waals surface area contributed by atoms with Crippen molar-refractivity contribution in [3.8, 4) is 0 Å². The van der Waals surface area contributed by atoms with E-state index in [1.807, 2.05) is 36.4 Å². The molecule has 0 bridgehead atoms. The van der Waals surface area contributed by atoms with Gasteiger partial charge in [-0.1, -0.05) is 50.5 Å². The molecule has 3 heteroatoms. The largest absolute Gasteiger partial charge is 0.287 e. The lowest BCUT2D eigenvalue weighted by molar-refractivity contribution is 0.0903. The Morgan fingerprint density at radius 3 is 2.52 bits per heavy atom. The Morgan fingerprint density at radius 1 is 1.24 bits per heavy atom. The van der Waals surface area contributed by atoms with Crippen molar-refractivity contribution in [1.29, 1.82) is 0 Å². The van der Waals surface area contributed by atoms with E-state index in [0.29, 0.717) is 17.4 Å². The van der Waals surface area contributed by atoms with Crippen LogP contribution in [-0.2, 0) is 0 Å². The number of hydrazine groups is 1. The van der Waals surface area contributed by atoms with Crippen molar-refractivity contribution in [2.75, 3.05) is 0 Å². The Balaban J connectivity index is 1.95. The van der Waals surface area contributed by atoms with Gasteiger partial charge in [0, 0.05) is 11.6 Å². The molecule has 1 amide bonds. The third-order valence-electron chi connectivity index (χ3n) is 4.48. The average molecular weight is 286 g/mol. The Labute approximate surface area is 127 Å². The molecule has 2 atom stereocenters. The van der Waals surface area contributed by atoms with E-state index < -0.39 is 0 Å². The molecule has 21 heavy (non-hydrogen) atoms. The summed E-state index contributed by atoms with van der Waals surface area (Å²) >= 11 is 0. The zero-order valence-electron chi connectivity index (χ0n) is 12.8. The Kier molecular flexibility index (Phi) is 6.00. The summed E-state index contributed by atoms with van der Waals surface area (Å²) in [6, 6.07) is 9.57. The van der Waals surface area contributed by atoms with E-state index in [1.165, 1.54) is 32.1 Å². The summed E-state index contributed by atoms with van der Waals surface area (Å²) in [6.07, 6.45) is 8.36. The van der Waals surface area contributed by atoms with Crippen LogP contribution < -0.4 is 10.9 Å². The lowest BCUT2D eigenvalue weighted by Gasteiger charge is -2.34. The number of hydrogen-bond donors (Lipinski definition) is 2. The van der Waals surface area contributed by atoms with Crippen molar-refractivity contribution < 1.29 is 4.79 Å². The first kappa shape index (κ1) is 15.8. The summed E-state index contributed by atoms with van der Waals surface area (Å²) < 4.78 is 0. The average Bonchev–Trinajstić information content (AvgIpc) is 2.56. The molecule has 0 aromatic heterocycles. The third kappa shape index (κ3) is 4.43. The molecule has 0 heterocycles. The first-order valence-corrected chi connectivity index (χ1v) is 7.96. The lowest BCUT2D eigenvalue weighted by atomic mass is 9.79. The maximum atomic E-state index is 12.1. The Morgan fingerprint density at radius 2 is 1.90 bits per heavy atom. The number of hydrogen-bond acceptors (Lipinski definition) is 2. The molecule has 0 radical (unpaired) electrons. The molecule has 0 spiro atoms. The van der Waals surface area contributed by atoms with Gasteiger partial charge in [0.2, 0.25) is 0 Å². The third-order valence-corrected chi connectivity index (χ3v) is 4.48. The summed E-state index contributed by atoms with van der Waals surface area (Å²) in [5.74, 6) is 0.875. The second kappa shape index (κ2) is 7.99. The molecule has 1 aliphatic rings. The minimum absolute atomic E-state index is 0.0762. The minimum atomic E-state index is -0.0762. The van der Waals surface area contributed by atoms with E-state index in [-0.39, 0.29) is 11.9 Å². The normalized spacial score (nSPS) is 18.7. The Bertz CT molecular complexity index is 452. The first-order valence-electron chi connectivity index (χ1n) is 7.96. The highest BCUT2D eigenvalue weighted by Crippen LogP contribution is 2.29. The van der Waals surface area contributed by atoms with Crippen LogP contribution in [0.1, 0.15) is 49.4 Å². The van der Waals surface area contributed by atoms with Crippen molar-refractivity contribution >= 4 is 5.91 Å². The second-order valence-electron chi connectivity index (χ2n) is 5.98. The highest BCUT2D eigenvalue weighted by molar-refractivity contribution is 5.93. The Hall–Kier alpha value is -1.61. The van der Waals surface area contributed by atoms with E-state index >= 15 is 0 Å². The van der Waals surface area contributed by atoms with Crippen LogP contribution in [0.25, 0.3) is 0 Å². The molecule has 1 aromatic rings. The smallest absolute Gasteiger partial charge is 0.265 e. The van der Waals surface area contributed by atoms with Gasteiger partial charge >= 0.3 is 0 Å². The van der Waals surface area contributed by atoms with Gasteiger partial charge in [0.05, 0.1) is 0 Å². The van der Waals surface area contributed by atoms with Crippen molar-refractivity contribution in [3.05, 3.63) is 48.6 Å². The fourth-order valence-electron chi connectivity index (χ4n) is 3.13. The molecule has 3 nitrogen and oxygen atoms in total. The van der Waals surface area contributed by atoms with Crippen LogP contribution in [0.2, 0.25) is 0 Å². The number of nitrogens with one attached hydrogen (secondary N) is 2. The lowest BCUT2D eigenvalue weighted by Crippen LogP contribution is -2.50. The molecule has 0 unspecified atom stereocenters. The molecule has 1 aromatic carbocycles. The fourth-order valence-corrected chi connectivity index (χ4v) is 3.13. The molecule has 1 fully saturated rings. The van der Waals surface area contributed by atoms with Crippen molar-refractivity contribution in [2.24, 2.45) is 11.8 Å². The van der Waals surface area contributed by atoms with Gasteiger partial charge in [-0.15, -0.1) is 6.58 Å². The van der Waals surface area contributed by atoms with E-state index in [4.69, 9.17) is 0 Å². The zero-order chi connectivity index (χ0) is 15.1. The summed E-state index contributed by atoms with van der Waals surface area (Å²) in [6.45, 7) is 6.07. The van der Waals surface area contributed by atoms with Gasteiger partial charge < -0.3 is 0 Å². The summed E-state index contributed by atoms with van der Waals surface area (Å²) in [5.41, 5.74) is 6.82. The quantitative estimate of drug-likeness (QED) is 0.618. The van der Waals surface area contributed by atoms with Crippen LogP contribution in [0.15, 0.2) is 43.0 Å². The van der Waals surface area contributed by atoms with Gasteiger partial charge in [0.25, 0.3) is 5.91 Å². The van der Waals surface area contributed by atoms with Crippen LogP contribution >= 0.6 is 0 Å².